The fraction of sp³-hybridized carbons (Fsp3) is 0.533. The Morgan fingerprint density at radius 3 is 2.60 bits per heavy atom. The number of benzene rings is 1. The molecule has 1 aromatic carbocycles. The molecule has 5 heteroatoms. The molecule has 0 bridgehead atoms. The van der Waals surface area contributed by atoms with Gasteiger partial charge in [-0.25, -0.2) is 4.39 Å². The first-order valence-corrected chi connectivity index (χ1v) is 6.65. The van der Waals surface area contributed by atoms with Gasteiger partial charge >= 0.3 is 0 Å². The Labute approximate surface area is 126 Å². The molecule has 1 amide bonds. The van der Waals surface area contributed by atoms with Crippen LogP contribution in [-0.2, 0) is 10.2 Å². The second-order valence-electron chi connectivity index (χ2n) is 5.30. The maximum Gasteiger partial charge on any atom is 0.230 e. The van der Waals surface area contributed by atoms with E-state index in [9.17, 15) is 9.18 Å². The van der Waals surface area contributed by atoms with Crippen LogP contribution in [0, 0.1) is 5.82 Å². The summed E-state index contributed by atoms with van der Waals surface area (Å²) < 4.78 is 13.2. The van der Waals surface area contributed by atoms with Crippen molar-refractivity contribution in [2.45, 2.75) is 39.2 Å². The van der Waals surface area contributed by atoms with Gasteiger partial charge in [-0.15, -0.1) is 12.4 Å². The van der Waals surface area contributed by atoms with Crippen LogP contribution in [0.15, 0.2) is 24.3 Å². The van der Waals surface area contributed by atoms with Crippen molar-refractivity contribution in [1.29, 1.82) is 0 Å². The van der Waals surface area contributed by atoms with Crippen LogP contribution in [-0.4, -0.2) is 25.0 Å². The second kappa shape index (κ2) is 8.22. The molecule has 1 aromatic rings. The third-order valence-electron chi connectivity index (χ3n) is 3.24. The number of hydrogen-bond acceptors (Lipinski definition) is 2. The zero-order valence-electron chi connectivity index (χ0n) is 12.5. The number of amides is 1. The molecule has 0 fully saturated rings. The van der Waals surface area contributed by atoms with Gasteiger partial charge in [-0.05, 0) is 45.0 Å². The molecular weight excluding hydrogens is 279 g/mol. The summed E-state index contributed by atoms with van der Waals surface area (Å²) >= 11 is 0. The van der Waals surface area contributed by atoms with Gasteiger partial charge in [0.05, 0.1) is 5.41 Å². The minimum absolute atomic E-state index is 0. The highest BCUT2D eigenvalue weighted by atomic mass is 35.5. The summed E-state index contributed by atoms with van der Waals surface area (Å²) in [5.74, 6) is -0.415. The first-order chi connectivity index (χ1) is 8.87. The Kier molecular flexibility index (Phi) is 7.76. The molecule has 0 heterocycles. The lowest BCUT2D eigenvalue weighted by Crippen LogP contribution is -2.45. The molecule has 0 spiro atoms. The van der Waals surface area contributed by atoms with Crippen molar-refractivity contribution in [1.82, 2.24) is 10.6 Å². The number of hydrogen-bond donors (Lipinski definition) is 2. The number of halogens is 2. The lowest BCUT2D eigenvalue weighted by atomic mass is 9.83. The van der Waals surface area contributed by atoms with Gasteiger partial charge in [-0.3, -0.25) is 4.79 Å². The van der Waals surface area contributed by atoms with E-state index in [1.807, 2.05) is 13.8 Å². The normalized spacial score (nSPS) is 12.4. The largest absolute Gasteiger partial charge is 0.354 e. The molecule has 20 heavy (non-hydrogen) atoms. The first kappa shape index (κ1) is 18.9. The molecule has 0 radical (unpaired) electrons. The van der Waals surface area contributed by atoms with E-state index in [1.54, 1.807) is 26.0 Å². The Morgan fingerprint density at radius 1 is 1.40 bits per heavy atom. The smallest absolute Gasteiger partial charge is 0.230 e. The van der Waals surface area contributed by atoms with E-state index in [1.165, 1.54) is 12.1 Å². The van der Waals surface area contributed by atoms with Gasteiger partial charge in [0.15, 0.2) is 0 Å². The van der Waals surface area contributed by atoms with Gasteiger partial charge < -0.3 is 10.6 Å². The summed E-state index contributed by atoms with van der Waals surface area (Å²) in [5, 5.41) is 6.13. The van der Waals surface area contributed by atoms with Crippen molar-refractivity contribution in [3.63, 3.8) is 0 Å². The van der Waals surface area contributed by atoms with Crippen LogP contribution in [0.4, 0.5) is 4.39 Å². The predicted octanol–water partition coefficient (Wildman–Crippen LogP) is 2.64. The summed E-state index contributed by atoms with van der Waals surface area (Å²) in [7, 11) is 0. The molecule has 0 unspecified atom stereocenters. The standard InChI is InChI=1S/C15H23FN2O.ClH/c1-5-17-11(2)10-18-14(19)15(3,4)12-7-6-8-13(16)9-12;/h6-9,11,17H,5,10H2,1-4H3,(H,18,19);1H/t11-;/m1./s1. The van der Waals surface area contributed by atoms with E-state index >= 15 is 0 Å². The fourth-order valence-electron chi connectivity index (χ4n) is 1.90. The van der Waals surface area contributed by atoms with Crippen molar-refractivity contribution >= 4 is 18.3 Å². The van der Waals surface area contributed by atoms with Gasteiger partial charge in [0.2, 0.25) is 5.91 Å². The summed E-state index contributed by atoms with van der Waals surface area (Å²) in [6, 6.07) is 6.41. The first-order valence-electron chi connectivity index (χ1n) is 6.65. The van der Waals surface area contributed by atoms with Crippen molar-refractivity contribution in [2.75, 3.05) is 13.1 Å². The van der Waals surface area contributed by atoms with Crippen LogP contribution in [0.1, 0.15) is 33.3 Å². The van der Waals surface area contributed by atoms with Crippen LogP contribution >= 0.6 is 12.4 Å². The molecule has 0 saturated carbocycles. The predicted molar refractivity (Wildman–Crippen MR) is 82.8 cm³/mol. The van der Waals surface area contributed by atoms with Gasteiger partial charge in [0.25, 0.3) is 0 Å². The monoisotopic (exact) mass is 302 g/mol. The van der Waals surface area contributed by atoms with Gasteiger partial charge in [0, 0.05) is 12.6 Å². The molecule has 0 aromatic heterocycles. The summed E-state index contributed by atoms with van der Waals surface area (Å²) in [4.78, 5) is 12.2. The number of rotatable bonds is 6. The minimum Gasteiger partial charge on any atom is -0.354 e. The van der Waals surface area contributed by atoms with Crippen LogP contribution in [0.2, 0.25) is 0 Å². The molecule has 2 N–H and O–H groups in total. The third kappa shape index (κ3) is 5.10. The topological polar surface area (TPSA) is 41.1 Å². The second-order valence-corrected chi connectivity index (χ2v) is 5.30. The van der Waals surface area contributed by atoms with Crippen molar-refractivity contribution in [2.24, 2.45) is 0 Å². The lowest BCUT2D eigenvalue weighted by molar-refractivity contribution is -0.125. The van der Waals surface area contributed by atoms with Crippen LogP contribution < -0.4 is 10.6 Å². The molecule has 0 aliphatic rings. The molecular formula is C15H24ClFN2O. The van der Waals surface area contributed by atoms with E-state index < -0.39 is 5.41 Å². The summed E-state index contributed by atoms with van der Waals surface area (Å²) in [5.41, 5.74) is -0.0605. The summed E-state index contributed by atoms with van der Waals surface area (Å²) in [6.45, 7) is 9.06. The van der Waals surface area contributed by atoms with E-state index in [2.05, 4.69) is 10.6 Å². The maximum absolute atomic E-state index is 13.2. The molecule has 1 rings (SSSR count). The highest BCUT2D eigenvalue weighted by Crippen LogP contribution is 2.23. The van der Waals surface area contributed by atoms with Crippen LogP contribution in [0.25, 0.3) is 0 Å². The molecule has 0 aliphatic heterocycles. The Bertz CT molecular complexity index is 438. The highest BCUT2D eigenvalue weighted by molar-refractivity contribution is 5.87. The molecule has 1 atom stereocenters. The number of carbonyl (C=O) groups excluding carboxylic acids is 1. The fourth-order valence-corrected chi connectivity index (χ4v) is 1.90. The molecule has 0 saturated heterocycles. The Hall–Kier alpha value is -1.13. The Morgan fingerprint density at radius 2 is 2.05 bits per heavy atom. The number of likely N-dealkylation sites (N-methyl/N-ethyl adjacent to an activating group) is 1. The van der Waals surface area contributed by atoms with Gasteiger partial charge in [-0.1, -0.05) is 19.1 Å². The summed E-state index contributed by atoms with van der Waals surface area (Å²) in [6.07, 6.45) is 0. The maximum atomic E-state index is 13.2. The van der Waals surface area contributed by atoms with Crippen LogP contribution in [0.5, 0.6) is 0 Å². The zero-order chi connectivity index (χ0) is 14.5. The van der Waals surface area contributed by atoms with Gasteiger partial charge in [-0.2, -0.15) is 0 Å². The van der Waals surface area contributed by atoms with Crippen molar-refractivity contribution in [3.8, 4) is 0 Å². The van der Waals surface area contributed by atoms with Crippen molar-refractivity contribution < 1.29 is 9.18 Å². The zero-order valence-corrected chi connectivity index (χ0v) is 13.3. The molecule has 0 aliphatic carbocycles. The van der Waals surface area contributed by atoms with Gasteiger partial charge in [0.1, 0.15) is 5.82 Å². The minimum atomic E-state index is -0.742. The third-order valence-corrected chi connectivity index (χ3v) is 3.24. The Balaban J connectivity index is 0.00000361. The van der Waals surface area contributed by atoms with E-state index in [4.69, 9.17) is 0 Å². The van der Waals surface area contributed by atoms with E-state index in [0.717, 1.165) is 6.54 Å². The van der Waals surface area contributed by atoms with E-state index in [0.29, 0.717) is 12.1 Å². The van der Waals surface area contributed by atoms with E-state index in [-0.39, 0.29) is 30.2 Å². The number of carbonyl (C=O) groups is 1. The average molecular weight is 303 g/mol. The highest BCUT2D eigenvalue weighted by Gasteiger charge is 2.29. The SMILES string of the molecule is CCN[C@H](C)CNC(=O)C(C)(C)c1cccc(F)c1.Cl. The molecule has 3 nitrogen and oxygen atoms in total. The average Bonchev–Trinajstić information content (AvgIpc) is 2.36. The van der Waals surface area contributed by atoms with Crippen LogP contribution in [0.3, 0.4) is 0 Å². The number of nitrogens with one attached hydrogen (secondary N) is 2. The van der Waals surface area contributed by atoms with Crippen molar-refractivity contribution in [3.05, 3.63) is 35.6 Å². The molecule has 114 valence electrons. The quantitative estimate of drug-likeness (QED) is 0.848. The lowest BCUT2D eigenvalue weighted by Gasteiger charge is -2.25.